The van der Waals surface area contributed by atoms with E-state index in [9.17, 15) is 0 Å². The van der Waals surface area contributed by atoms with Gasteiger partial charge >= 0.3 is 88.7 Å². The van der Waals surface area contributed by atoms with Crippen molar-refractivity contribution in [2.24, 2.45) is 0 Å². The molecule has 0 saturated heterocycles. The van der Waals surface area contributed by atoms with Crippen molar-refractivity contribution >= 4 is 28.7 Å². The number of hydrogen-bond acceptors (Lipinski definition) is 3. The summed E-state index contributed by atoms with van der Waals surface area (Å²) in [4.78, 5) is 0. The first-order chi connectivity index (χ1) is 17.1. The monoisotopic (exact) mass is 565 g/mol. The number of thiocarbonyl (C=S) groups is 1. The number of nitrogens with one attached hydrogen (secondary N) is 2. The van der Waals surface area contributed by atoms with E-state index in [2.05, 4.69) is 54.0 Å². The van der Waals surface area contributed by atoms with Gasteiger partial charge in [0.05, 0.1) is 13.2 Å². The molecule has 0 spiro atoms. The molecular formula is C29H35N2O2SZr. The summed E-state index contributed by atoms with van der Waals surface area (Å²) in [5.74, 6) is 1.69. The van der Waals surface area contributed by atoms with Gasteiger partial charge in [0, 0.05) is 11.4 Å². The van der Waals surface area contributed by atoms with E-state index < -0.39 is 21.8 Å². The quantitative estimate of drug-likeness (QED) is 0.301. The topological polar surface area (TPSA) is 42.5 Å². The minimum absolute atomic E-state index is 0.535. The summed E-state index contributed by atoms with van der Waals surface area (Å²) < 4.78 is 15.8. The van der Waals surface area contributed by atoms with E-state index in [0.717, 1.165) is 22.9 Å². The van der Waals surface area contributed by atoms with Crippen molar-refractivity contribution in [3.05, 3.63) is 91.5 Å². The SMILES string of the molecule is CCOc1ccc(NC(=S)Nc2ccc(OCC)cc2)cc1.C[CH2][Zr]([C]1=CC=CC1)[C]1=CC=CC1. The first-order valence-electron chi connectivity index (χ1n) is 12.2. The number of hydrogen-bond donors (Lipinski definition) is 2. The van der Waals surface area contributed by atoms with Crippen molar-refractivity contribution < 1.29 is 31.2 Å². The summed E-state index contributed by atoms with van der Waals surface area (Å²) in [5, 5.41) is 6.80. The Morgan fingerprint density at radius 3 is 1.49 bits per heavy atom. The molecule has 0 heterocycles. The van der Waals surface area contributed by atoms with Crippen LogP contribution < -0.4 is 20.1 Å². The van der Waals surface area contributed by atoms with Crippen molar-refractivity contribution in [3.63, 3.8) is 0 Å². The molecule has 2 aromatic carbocycles. The molecule has 4 rings (SSSR count). The Labute approximate surface area is 223 Å². The van der Waals surface area contributed by atoms with Crippen LogP contribution in [0.1, 0.15) is 33.6 Å². The molecule has 2 N–H and O–H groups in total. The van der Waals surface area contributed by atoms with Gasteiger partial charge in [-0.05, 0) is 74.6 Å². The van der Waals surface area contributed by atoms with Gasteiger partial charge in [-0.15, -0.1) is 0 Å². The molecule has 0 bridgehead atoms. The molecule has 0 aromatic heterocycles. The van der Waals surface area contributed by atoms with Crippen LogP contribution in [0.4, 0.5) is 11.4 Å². The summed E-state index contributed by atoms with van der Waals surface area (Å²) in [6.45, 7) is 7.60. The second-order valence-electron chi connectivity index (χ2n) is 7.97. The van der Waals surface area contributed by atoms with Crippen LogP contribution in [-0.4, -0.2) is 18.3 Å². The zero-order valence-electron chi connectivity index (χ0n) is 20.8. The third kappa shape index (κ3) is 8.94. The fraction of sp³-hybridized carbons (Fsp3) is 0.276. The fourth-order valence-corrected chi connectivity index (χ4v) is 10.6. The molecule has 2 aromatic rings. The molecule has 0 fully saturated rings. The Bertz CT molecular complexity index is 989. The zero-order chi connectivity index (χ0) is 24.9. The molecular weight excluding hydrogens is 532 g/mol. The summed E-state index contributed by atoms with van der Waals surface area (Å²) >= 11 is 3.99. The number of rotatable bonds is 9. The number of anilines is 2. The Kier molecular flexibility index (Phi) is 11.5. The van der Waals surface area contributed by atoms with Crippen LogP contribution >= 0.6 is 12.2 Å². The first kappa shape index (κ1) is 27.2. The summed E-state index contributed by atoms with van der Waals surface area (Å²) in [7, 11) is 0. The van der Waals surface area contributed by atoms with Gasteiger partial charge in [0.15, 0.2) is 5.11 Å². The van der Waals surface area contributed by atoms with E-state index in [1.807, 2.05) is 62.4 Å². The van der Waals surface area contributed by atoms with E-state index in [0.29, 0.717) is 18.3 Å². The molecule has 0 amide bonds. The number of allylic oxidation sites excluding steroid dienone is 8. The van der Waals surface area contributed by atoms with E-state index in [-0.39, 0.29) is 0 Å². The molecule has 0 aliphatic heterocycles. The van der Waals surface area contributed by atoms with Gasteiger partial charge in [-0.2, -0.15) is 0 Å². The molecule has 0 saturated carbocycles. The molecule has 183 valence electrons. The number of benzene rings is 2. The number of ether oxygens (including phenoxy) is 2. The van der Waals surface area contributed by atoms with Crippen LogP contribution in [0, 0.1) is 0 Å². The van der Waals surface area contributed by atoms with Crippen LogP contribution in [0.5, 0.6) is 11.5 Å². The Morgan fingerprint density at radius 1 is 0.743 bits per heavy atom. The van der Waals surface area contributed by atoms with Gasteiger partial charge in [-0.25, -0.2) is 0 Å². The van der Waals surface area contributed by atoms with Crippen LogP contribution in [0.25, 0.3) is 0 Å². The second kappa shape index (κ2) is 14.9. The van der Waals surface area contributed by atoms with Gasteiger partial charge in [0.25, 0.3) is 0 Å². The standard InChI is InChI=1S/C17H20N2O2S.2C5H5.C2H5.Zr/c1-3-20-15-9-5-13(6-10-15)18-17(22)19-14-7-11-16(12-8-14)21-4-2;2*1-2-4-5-3-1;1-2;/h5-12H,3-4H2,1-2H3,(H2,18,19,22);2*1-3H,4H2;1H2,2H3;. The summed E-state index contributed by atoms with van der Waals surface area (Å²) in [6, 6.07) is 15.3. The predicted octanol–water partition coefficient (Wildman–Crippen LogP) is 8.02. The van der Waals surface area contributed by atoms with Crippen LogP contribution in [0.3, 0.4) is 0 Å². The average molecular weight is 567 g/mol. The van der Waals surface area contributed by atoms with Crippen molar-refractivity contribution in [2.75, 3.05) is 23.8 Å². The van der Waals surface area contributed by atoms with Gasteiger partial charge in [-0.3, -0.25) is 0 Å². The van der Waals surface area contributed by atoms with Crippen molar-refractivity contribution in [2.45, 2.75) is 37.7 Å². The van der Waals surface area contributed by atoms with E-state index in [1.165, 1.54) is 17.0 Å². The van der Waals surface area contributed by atoms with Gasteiger partial charge in [-0.1, -0.05) is 0 Å². The average Bonchev–Trinajstić information content (AvgIpc) is 3.59. The van der Waals surface area contributed by atoms with Crippen molar-refractivity contribution in [1.82, 2.24) is 0 Å². The predicted molar refractivity (Wildman–Crippen MR) is 149 cm³/mol. The van der Waals surface area contributed by atoms with Crippen LogP contribution in [-0.2, 0) is 21.8 Å². The van der Waals surface area contributed by atoms with Crippen LogP contribution in [0.2, 0.25) is 4.13 Å². The minimum atomic E-state index is -1.31. The maximum atomic E-state index is 5.40. The Hall–Kier alpha value is -2.43. The molecule has 2 aliphatic rings. The molecule has 35 heavy (non-hydrogen) atoms. The van der Waals surface area contributed by atoms with E-state index >= 15 is 0 Å². The summed E-state index contributed by atoms with van der Waals surface area (Å²) in [6.07, 6.45) is 16.3. The maximum absolute atomic E-state index is 5.40. The fourth-order valence-electron chi connectivity index (χ4n) is 3.90. The first-order valence-corrected chi connectivity index (χ1v) is 16.8. The third-order valence-corrected chi connectivity index (χ3v) is 13.1. The van der Waals surface area contributed by atoms with Gasteiger partial charge in [0.2, 0.25) is 0 Å². The Balaban J connectivity index is 0.000000223. The molecule has 0 radical (unpaired) electrons. The van der Waals surface area contributed by atoms with Crippen molar-refractivity contribution in [3.8, 4) is 11.5 Å². The van der Waals surface area contributed by atoms with E-state index in [4.69, 9.17) is 21.7 Å². The molecule has 0 atom stereocenters. The van der Waals surface area contributed by atoms with Crippen molar-refractivity contribution in [1.29, 1.82) is 0 Å². The van der Waals surface area contributed by atoms with Gasteiger partial charge in [0.1, 0.15) is 11.5 Å². The molecule has 4 nitrogen and oxygen atoms in total. The zero-order valence-corrected chi connectivity index (χ0v) is 24.1. The Morgan fingerprint density at radius 2 is 1.17 bits per heavy atom. The van der Waals surface area contributed by atoms with E-state index in [1.54, 1.807) is 6.56 Å². The normalized spacial score (nSPS) is 13.3. The molecule has 2 aliphatic carbocycles. The van der Waals surface area contributed by atoms with Gasteiger partial charge < -0.3 is 20.1 Å². The second-order valence-corrected chi connectivity index (χ2v) is 15.6. The third-order valence-electron chi connectivity index (χ3n) is 5.52. The molecule has 6 heteroatoms. The van der Waals surface area contributed by atoms with Crippen LogP contribution in [0.15, 0.2) is 91.5 Å². The summed E-state index contributed by atoms with van der Waals surface area (Å²) in [5.41, 5.74) is 1.82. The molecule has 0 unspecified atom stereocenters.